The summed E-state index contributed by atoms with van der Waals surface area (Å²) in [6.07, 6.45) is -4.11. The smallest absolute Gasteiger partial charge is 0.383 e. The monoisotopic (exact) mass is 291 g/mol. The van der Waals surface area contributed by atoms with E-state index in [1.165, 1.54) is 11.3 Å². The van der Waals surface area contributed by atoms with E-state index >= 15 is 0 Å². The molecule has 8 heteroatoms. The van der Waals surface area contributed by atoms with Crippen molar-refractivity contribution >= 4 is 27.4 Å². The average Bonchev–Trinajstić information content (AvgIpc) is 2.64. The number of thiophene rings is 1. The van der Waals surface area contributed by atoms with Crippen molar-refractivity contribution < 1.29 is 17.9 Å². The molecule has 0 unspecified atom stereocenters. The maximum absolute atomic E-state index is 11.9. The van der Waals surface area contributed by atoms with Crippen molar-refractivity contribution in [2.24, 2.45) is 0 Å². The van der Waals surface area contributed by atoms with Crippen molar-refractivity contribution in [2.45, 2.75) is 19.5 Å². The minimum atomic E-state index is -4.31. The van der Waals surface area contributed by atoms with Gasteiger partial charge in [-0.2, -0.15) is 13.2 Å². The molecule has 2 rings (SSSR count). The van der Waals surface area contributed by atoms with E-state index in [9.17, 15) is 13.2 Å². The van der Waals surface area contributed by atoms with Gasteiger partial charge in [0, 0.05) is 11.3 Å². The molecule has 19 heavy (non-hydrogen) atoms. The Hall–Kier alpha value is -1.41. The lowest BCUT2D eigenvalue weighted by Gasteiger charge is -2.07. The van der Waals surface area contributed by atoms with E-state index in [1.54, 1.807) is 0 Å². The lowest BCUT2D eigenvalue weighted by Crippen LogP contribution is -2.18. The summed E-state index contributed by atoms with van der Waals surface area (Å²) in [4.78, 5) is 10.1. The van der Waals surface area contributed by atoms with Crippen LogP contribution in [0.25, 0.3) is 10.2 Å². The molecule has 0 saturated carbocycles. The zero-order valence-corrected chi connectivity index (χ0v) is 10.9. The van der Waals surface area contributed by atoms with E-state index in [4.69, 9.17) is 5.73 Å². The fraction of sp³-hybridized carbons (Fsp3) is 0.455. The van der Waals surface area contributed by atoms with Crippen molar-refractivity contribution in [2.75, 3.05) is 18.9 Å². The number of nitrogens with two attached hydrogens (primary N) is 1. The fourth-order valence-corrected chi connectivity index (χ4v) is 2.48. The van der Waals surface area contributed by atoms with Crippen LogP contribution in [0.15, 0.2) is 6.07 Å². The van der Waals surface area contributed by atoms with Gasteiger partial charge in [-0.15, -0.1) is 11.3 Å². The van der Waals surface area contributed by atoms with Crippen LogP contribution in [0.2, 0.25) is 0 Å². The van der Waals surface area contributed by atoms with Gasteiger partial charge in [0.1, 0.15) is 23.1 Å². The molecule has 0 spiro atoms. The Morgan fingerprint density at radius 1 is 1.37 bits per heavy atom. The highest BCUT2D eigenvalue weighted by Crippen LogP contribution is 2.26. The molecule has 0 aliphatic carbocycles. The number of alkyl halides is 3. The summed E-state index contributed by atoms with van der Waals surface area (Å²) in [7, 11) is 0. The Morgan fingerprint density at radius 3 is 2.79 bits per heavy atom. The Bertz CT molecular complexity index is 582. The number of nitrogens with zero attached hydrogens (tertiary/aromatic N) is 2. The highest BCUT2D eigenvalue weighted by molar-refractivity contribution is 7.18. The molecule has 0 atom stereocenters. The minimum Gasteiger partial charge on any atom is -0.383 e. The third-order valence-electron chi connectivity index (χ3n) is 2.33. The van der Waals surface area contributed by atoms with Crippen LogP contribution >= 0.6 is 11.3 Å². The first kappa shape index (κ1) is 14.0. The second kappa shape index (κ2) is 5.30. The molecule has 0 aliphatic heterocycles. The third-order valence-corrected chi connectivity index (χ3v) is 3.27. The Balaban J connectivity index is 2.01. The normalized spacial score (nSPS) is 12.2. The summed E-state index contributed by atoms with van der Waals surface area (Å²) in [6.45, 7) is 0.579. The van der Waals surface area contributed by atoms with Gasteiger partial charge in [-0.25, -0.2) is 9.97 Å². The van der Waals surface area contributed by atoms with Gasteiger partial charge >= 0.3 is 6.18 Å². The van der Waals surface area contributed by atoms with E-state index in [0.717, 1.165) is 15.1 Å². The molecular weight excluding hydrogens is 279 g/mol. The van der Waals surface area contributed by atoms with Gasteiger partial charge in [0.15, 0.2) is 0 Å². The first-order chi connectivity index (χ1) is 8.85. The first-order valence-electron chi connectivity index (χ1n) is 5.52. The zero-order chi connectivity index (χ0) is 14.0. The Labute approximate surface area is 111 Å². The van der Waals surface area contributed by atoms with Crippen LogP contribution in [0.1, 0.15) is 10.7 Å². The van der Waals surface area contributed by atoms with Crippen molar-refractivity contribution in [3.8, 4) is 0 Å². The van der Waals surface area contributed by atoms with E-state index in [2.05, 4.69) is 14.7 Å². The van der Waals surface area contributed by atoms with Crippen LogP contribution in [0.5, 0.6) is 0 Å². The second-order valence-corrected chi connectivity index (χ2v) is 5.25. The zero-order valence-electron chi connectivity index (χ0n) is 10.1. The van der Waals surface area contributed by atoms with Crippen LogP contribution in [0, 0.1) is 6.92 Å². The van der Waals surface area contributed by atoms with Gasteiger partial charge in [-0.05, 0) is 13.0 Å². The summed E-state index contributed by atoms with van der Waals surface area (Å²) in [5, 5.41) is 0.780. The van der Waals surface area contributed by atoms with Gasteiger partial charge in [-0.3, -0.25) is 0 Å². The number of rotatable bonds is 4. The molecule has 2 N–H and O–H groups in total. The quantitative estimate of drug-likeness (QED) is 0.880. The number of nitrogen functional groups attached to an aromatic ring is 1. The number of ether oxygens (including phenoxy) is 1. The van der Waals surface area contributed by atoms with Gasteiger partial charge in [0.2, 0.25) is 0 Å². The number of aromatic nitrogens is 2. The van der Waals surface area contributed by atoms with Crippen LogP contribution in [-0.2, 0) is 11.2 Å². The van der Waals surface area contributed by atoms with Gasteiger partial charge in [0.05, 0.1) is 12.0 Å². The summed E-state index contributed by atoms with van der Waals surface area (Å²) in [5.74, 6) is 0.745. The van der Waals surface area contributed by atoms with Crippen molar-refractivity contribution in [3.63, 3.8) is 0 Å². The molecule has 2 aromatic rings. The Kier molecular flexibility index (Phi) is 3.91. The lowest BCUT2D eigenvalue weighted by atomic mass is 10.3. The number of hydrogen-bond acceptors (Lipinski definition) is 5. The highest BCUT2D eigenvalue weighted by atomic mass is 32.1. The number of anilines is 1. The fourth-order valence-electron chi connectivity index (χ4n) is 1.57. The van der Waals surface area contributed by atoms with E-state index in [-0.39, 0.29) is 13.0 Å². The molecule has 4 nitrogen and oxygen atoms in total. The van der Waals surface area contributed by atoms with E-state index in [1.807, 2.05) is 13.0 Å². The largest absolute Gasteiger partial charge is 0.411 e. The van der Waals surface area contributed by atoms with Crippen LogP contribution < -0.4 is 5.73 Å². The second-order valence-electron chi connectivity index (χ2n) is 4.02. The van der Waals surface area contributed by atoms with Gasteiger partial charge in [-0.1, -0.05) is 0 Å². The lowest BCUT2D eigenvalue weighted by molar-refractivity contribution is -0.173. The SMILES string of the molecule is Cc1cc2c(N)nc(CCOCC(F)(F)F)nc2s1. The van der Waals surface area contributed by atoms with Crippen LogP contribution in [0.4, 0.5) is 19.0 Å². The summed E-state index contributed by atoms with van der Waals surface area (Å²) in [5.41, 5.74) is 5.78. The predicted molar refractivity (Wildman–Crippen MR) is 67.1 cm³/mol. The van der Waals surface area contributed by atoms with Gasteiger partial charge in [0.25, 0.3) is 0 Å². The molecule has 0 saturated heterocycles. The molecule has 0 aliphatic rings. The average molecular weight is 291 g/mol. The molecule has 2 heterocycles. The van der Waals surface area contributed by atoms with Crippen molar-refractivity contribution in [1.82, 2.24) is 9.97 Å². The number of aryl methyl sites for hydroxylation is 1. The third kappa shape index (κ3) is 3.77. The molecule has 0 amide bonds. The molecule has 0 bridgehead atoms. The standard InChI is InChI=1S/C11H12F3N3OS/c1-6-4-7-9(15)16-8(17-10(7)19-6)2-3-18-5-11(12,13)14/h4H,2-3,5H2,1H3,(H2,15,16,17). The number of hydrogen-bond donors (Lipinski definition) is 1. The van der Waals surface area contributed by atoms with E-state index < -0.39 is 12.8 Å². The maximum Gasteiger partial charge on any atom is 0.411 e. The molecule has 0 aromatic carbocycles. The Morgan fingerprint density at radius 2 is 2.11 bits per heavy atom. The predicted octanol–water partition coefficient (Wildman–Crippen LogP) is 2.70. The number of fused-ring (bicyclic) bond motifs is 1. The highest BCUT2D eigenvalue weighted by Gasteiger charge is 2.27. The van der Waals surface area contributed by atoms with Crippen LogP contribution in [-0.4, -0.2) is 29.4 Å². The topological polar surface area (TPSA) is 61.0 Å². The number of halogens is 3. The maximum atomic E-state index is 11.9. The molecule has 0 fully saturated rings. The molecule has 0 radical (unpaired) electrons. The van der Waals surface area contributed by atoms with Gasteiger partial charge < -0.3 is 10.5 Å². The summed E-state index contributed by atoms with van der Waals surface area (Å²) >= 11 is 1.47. The van der Waals surface area contributed by atoms with Crippen molar-refractivity contribution in [1.29, 1.82) is 0 Å². The molecule has 104 valence electrons. The minimum absolute atomic E-state index is 0.0885. The summed E-state index contributed by atoms with van der Waals surface area (Å²) < 4.78 is 40.2. The molecular formula is C11H12F3N3OS. The molecule has 2 aromatic heterocycles. The van der Waals surface area contributed by atoms with Crippen LogP contribution in [0.3, 0.4) is 0 Å². The van der Waals surface area contributed by atoms with Crippen molar-refractivity contribution in [3.05, 3.63) is 16.8 Å². The first-order valence-corrected chi connectivity index (χ1v) is 6.34. The van der Waals surface area contributed by atoms with E-state index in [0.29, 0.717) is 11.6 Å². The summed E-state index contributed by atoms with van der Waals surface area (Å²) in [6, 6.07) is 1.89.